The molecular weight excluding hydrogens is 202 g/mol. The molecule has 1 saturated carbocycles. The first-order valence-corrected chi connectivity index (χ1v) is 6.56. The maximum absolute atomic E-state index is 11.2. The van der Waals surface area contributed by atoms with Crippen molar-refractivity contribution in [2.75, 3.05) is 26.7 Å². The van der Waals surface area contributed by atoms with Crippen LogP contribution in [-0.2, 0) is 9.53 Å². The molecule has 1 aliphatic rings. The number of ether oxygens (including phenoxy) is 1. The Hall–Kier alpha value is -0.570. The zero-order chi connectivity index (χ0) is 11.8. The van der Waals surface area contributed by atoms with Crippen molar-refractivity contribution >= 4 is 5.97 Å². The molecule has 1 fully saturated rings. The topological polar surface area (TPSA) is 29.5 Å². The van der Waals surface area contributed by atoms with Gasteiger partial charge in [-0.2, -0.15) is 0 Å². The van der Waals surface area contributed by atoms with Gasteiger partial charge >= 0.3 is 5.97 Å². The second kappa shape index (κ2) is 7.66. The average molecular weight is 227 g/mol. The van der Waals surface area contributed by atoms with Crippen LogP contribution in [0.2, 0.25) is 0 Å². The maximum Gasteiger partial charge on any atom is 0.320 e. The summed E-state index contributed by atoms with van der Waals surface area (Å²) in [5, 5.41) is 0. The van der Waals surface area contributed by atoms with Crippen molar-refractivity contribution in [1.82, 2.24) is 4.90 Å². The lowest BCUT2D eigenvalue weighted by molar-refractivity contribution is -0.144. The van der Waals surface area contributed by atoms with E-state index in [0.29, 0.717) is 13.2 Å². The van der Waals surface area contributed by atoms with Crippen molar-refractivity contribution in [3.63, 3.8) is 0 Å². The molecule has 0 aliphatic heterocycles. The molecular formula is C13H25NO2. The molecule has 0 aromatic heterocycles. The van der Waals surface area contributed by atoms with Crippen LogP contribution in [0.1, 0.15) is 45.4 Å². The summed E-state index contributed by atoms with van der Waals surface area (Å²) in [6, 6.07) is 0. The second-order valence-corrected chi connectivity index (χ2v) is 4.84. The lowest BCUT2D eigenvalue weighted by Gasteiger charge is -2.24. The number of carbonyl (C=O) groups is 1. The molecule has 0 atom stereocenters. The first-order valence-electron chi connectivity index (χ1n) is 6.56. The Balaban J connectivity index is 2.08. The van der Waals surface area contributed by atoms with Crippen LogP contribution in [0.4, 0.5) is 0 Å². The fraction of sp³-hybridized carbons (Fsp3) is 0.923. The van der Waals surface area contributed by atoms with E-state index in [9.17, 15) is 4.79 Å². The van der Waals surface area contributed by atoms with Crippen LogP contribution in [0, 0.1) is 5.92 Å². The molecule has 0 bridgehead atoms. The molecule has 16 heavy (non-hydrogen) atoms. The van der Waals surface area contributed by atoms with Crippen LogP contribution < -0.4 is 0 Å². The van der Waals surface area contributed by atoms with E-state index in [2.05, 4.69) is 4.90 Å². The highest BCUT2D eigenvalue weighted by Crippen LogP contribution is 2.26. The summed E-state index contributed by atoms with van der Waals surface area (Å²) in [5.41, 5.74) is 0. The van der Waals surface area contributed by atoms with Gasteiger partial charge in [0.25, 0.3) is 0 Å². The Labute approximate surface area is 99.1 Å². The van der Waals surface area contributed by atoms with E-state index < -0.39 is 0 Å². The van der Waals surface area contributed by atoms with Gasteiger partial charge in [0.05, 0.1) is 13.2 Å². The van der Waals surface area contributed by atoms with Crippen LogP contribution in [0.25, 0.3) is 0 Å². The van der Waals surface area contributed by atoms with Crippen molar-refractivity contribution in [3.05, 3.63) is 0 Å². The largest absolute Gasteiger partial charge is 0.465 e. The van der Waals surface area contributed by atoms with E-state index in [0.717, 1.165) is 12.5 Å². The molecule has 0 spiro atoms. The van der Waals surface area contributed by atoms with Gasteiger partial charge in [-0.1, -0.05) is 32.1 Å². The first-order chi connectivity index (χ1) is 7.72. The van der Waals surface area contributed by atoms with Crippen LogP contribution in [0.3, 0.4) is 0 Å². The molecule has 0 radical (unpaired) electrons. The number of hydrogen-bond acceptors (Lipinski definition) is 3. The van der Waals surface area contributed by atoms with E-state index >= 15 is 0 Å². The van der Waals surface area contributed by atoms with E-state index in [1.54, 1.807) is 0 Å². The summed E-state index contributed by atoms with van der Waals surface area (Å²) >= 11 is 0. The Bertz CT molecular complexity index is 200. The van der Waals surface area contributed by atoms with Gasteiger partial charge in [0, 0.05) is 0 Å². The molecule has 0 saturated heterocycles. The Morgan fingerprint density at radius 2 is 2.00 bits per heavy atom. The fourth-order valence-corrected chi connectivity index (χ4v) is 2.38. The third-order valence-electron chi connectivity index (χ3n) is 3.35. The highest BCUT2D eigenvalue weighted by atomic mass is 16.5. The van der Waals surface area contributed by atoms with Crippen molar-refractivity contribution in [1.29, 1.82) is 0 Å². The summed E-state index contributed by atoms with van der Waals surface area (Å²) in [6.45, 7) is 3.78. The van der Waals surface area contributed by atoms with E-state index in [-0.39, 0.29) is 5.97 Å². The number of carbonyl (C=O) groups excluding carboxylic acids is 1. The molecule has 3 nitrogen and oxygen atoms in total. The number of nitrogens with zero attached hydrogens (tertiary/aromatic N) is 1. The smallest absolute Gasteiger partial charge is 0.320 e. The van der Waals surface area contributed by atoms with E-state index in [1.165, 1.54) is 38.5 Å². The first kappa shape index (κ1) is 13.5. The standard InChI is InChI=1S/C13H25NO2/c1-3-16-13(15)11-14(2)10-9-12-7-5-4-6-8-12/h12H,3-11H2,1-2H3. The normalized spacial score (nSPS) is 17.7. The van der Waals surface area contributed by atoms with Gasteiger partial charge in [0.1, 0.15) is 0 Å². The maximum atomic E-state index is 11.2. The third-order valence-corrected chi connectivity index (χ3v) is 3.35. The lowest BCUT2D eigenvalue weighted by Crippen LogP contribution is -2.29. The minimum atomic E-state index is -0.103. The highest BCUT2D eigenvalue weighted by molar-refractivity contribution is 5.71. The summed E-state index contributed by atoms with van der Waals surface area (Å²) in [7, 11) is 2.00. The monoisotopic (exact) mass is 227 g/mol. The van der Waals surface area contributed by atoms with Gasteiger partial charge in [-0.3, -0.25) is 9.69 Å². The van der Waals surface area contributed by atoms with E-state index in [1.807, 2.05) is 14.0 Å². The van der Waals surface area contributed by atoms with Crippen LogP contribution in [0.5, 0.6) is 0 Å². The molecule has 1 rings (SSSR count). The van der Waals surface area contributed by atoms with Gasteiger partial charge in [-0.15, -0.1) is 0 Å². The third kappa shape index (κ3) is 5.50. The lowest BCUT2D eigenvalue weighted by atomic mass is 9.87. The fourth-order valence-electron chi connectivity index (χ4n) is 2.38. The van der Waals surface area contributed by atoms with Gasteiger partial charge < -0.3 is 4.74 Å². The van der Waals surface area contributed by atoms with Gasteiger partial charge in [-0.25, -0.2) is 0 Å². The van der Waals surface area contributed by atoms with Crippen molar-refractivity contribution in [3.8, 4) is 0 Å². The minimum absolute atomic E-state index is 0.103. The van der Waals surface area contributed by atoms with E-state index in [4.69, 9.17) is 4.74 Å². The Morgan fingerprint density at radius 3 is 2.62 bits per heavy atom. The zero-order valence-corrected chi connectivity index (χ0v) is 10.7. The highest BCUT2D eigenvalue weighted by Gasteiger charge is 2.14. The summed E-state index contributed by atoms with van der Waals surface area (Å²) < 4.78 is 4.92. The summed E-state index contributed by atoms with van der Waals surface area (Å²) in [5.74, 6) is 0.784. The SMILES string of the molecule is CCOC(=O)CN(C)CCC1CCCCC1. The Morgan fingerprint density at radius 1 is 1.31 bits per heavy atom. The molecule has 3 heteroatoms. The number of likely N-dealkylation sites (N-methyl/N-ethyl adjacent to an activating group) is 1. The molecule has 0 unspecified atom stereocenters. The van der Waals surface area contributed by atoms with Crippen LogP contribution in [-0.4, -0.2) is 37.6 Å². The average Bonchev–Trinajstić information content (AvgIpc) is 2.28. The second-order valence-electron chi connectivity index (χ2n) is 4.84. The summed E-state index contributed by atoms with van der Waals surface area (Å²) in [6.07, 6.45) is 8.20. The predicted octanol–water partition coefficient (Wildman–Crippen LogP) is 2.45. The molecule has 0 N–H and O–H groups in total. The van der Waals surface area contributed by atoms with Crippen molar-refractivity contribution in [2.24, 2.45) is 5.92 Å². The summed E-state index contributed by atoms with van der Waals surface area (Å²) in [4.78, 5) is 13.3. The molecule has 0 aromatic carbocycles. The molecule has 0 heterocycles. The molecule has 0 aromatic rings. The van der Waals surface area contributed by atoms with Crippen LogP contribution in [0.15, 0.2) is 0 Å². The quantitative estimate of drug-likeness (QED) is 0.653. The molecule has 94 valence electrons. The number of esters is 1. The number of rotatable bonds is 6. The van der Waals surface area contributed by atoms with Gasteiger partial charge in [-0.05, 0) is 32.9 Å². The minimum Gasteiger partial charge on any atom is -0.465 e. The van der Waals surface area contributed by atoms with Crippen LogP contribution >= 0.6 is 0 Å². The molecule has 1 aliphatic carbocycles. The number of hydrogen-bond donors (Lipinski definition) is 0. The Kier molecular flexibility index (Phi) is 6.46. The van der Waals surface area contributed by atoms with Gasteiger partial charge in [0.15, 0.2) is 0 Å². The van der Waals surface area contributed by atoms with Gasteiger partial charge in [0.2, 0.25) is 0 Å². The molecule has 0 amide bonds. The van der Waals surface area contributed by atoms with Crippen molar-refractivity contribution in [2.45, 2.75) is 45.4 Å². The predicted molar refractivity (Wildman–Crippen MR) is 65.3 cm³/mol. The van der Waals surface area contributed by atoms with Crippen molar-refractivity contribution < 1.29 is 9.53 Å². The zero-order valence-electron chi connectivity index (χ0n) is 10.7.